The van der Waals surface area contributed by atoms with Gasteiger partial charge in [-0.25, -0.2) is 0 Å². The summed E-state index contributed by atoms with van der Waals surface area (Å²) in [5.74, 6) is 1.71. The second kappa shape index (κ2) is 6.60. The quantitative estimate of drug-likeness (QED) is 0.862. The van der Waals surface area contributed by atoms with Gasteiger partial charge in [0, 0.05) is 23.2 Å². The van der Waals surface area contributed by atoms with Crippen molar-refractivity contribution in [3.8, 4) is 11.3 Å². The van der Waals surface area contributed by atoms with Crippen molar-refractivity contribution in [3.63, 3.8) is 0 Å². The average Bonchev–Trinajstić information content (AvgIpc) is 2.84. The Kier molecular flexibility index (Phi) is 4.83. The first-order valence-corrected chi connectivity index (χ1v) is 6.78. The van der Waals surface area contributed by atoms with Crippen molar-refractivity contribution in [1.82, 2.24) is 5.32 Å². The van der Waals surface area contributed by atoms with Crippen LogP contribution in [0.4, 0.5) is 0 Å². The highest BCUT2D eigenvalue weighted by Crippen LogP contribution is 2.24. The Morgan fingerprint density at radius 3 is 2.58 bits per heavy atom. The standard InChI is InChI=1S/C16H18ClNO/c1-12(2)18-11-3-4-15-9-10-16(19-15)13-5-7-14(17)8-6-13/h3-10,12,18H,11H2,1-2H3. The van der Waals surface area contributed by atoms with Crippen LogP contribution in [-0.2, 0) is 0 Å². The maximum atomic E-state index is 5.87. The summed E-state index contributed by atoms with van der Waals surface area (Å²) in [6.07, 6.45) is 4.04. The normalized spacial score (nSPS) is 11.6. The predicted octanol–water partition coefficient (Wildman–Crippen LogP) is 4.61. The Bertz CT molecular complexity index is 540. The summed E-state index contributed by atoms with van der Waals surface area (Å²) in [6.45, 7) is 5.09. The van der Waals surface area contributed by atoms with Gasteiger partial charge in [-0.3, -0.25) is 0 Å². The molecule has 0 aliphatic heterocycles. The molecule has 2 nitrogen and oxygen atoms in total. The smallest absolute Gasteiger partial charge is 0.134 e. The van der Waals surface area contributed by atoms with Crippen molar-refractivity contribution in [2.75, 3.05) is 6.54 Å². The molecule has 3 heteroatoms. The highest BCUT2D eigenvalue weighted by Gasteiger charge is 2.02. The first-order chi connectivity index (χ1) is 9.15. The minimum absolute atomic E-state index is 0.492. The van der Waals surface area contributed by atoms with Crippen molar-refractivity contribution in [1.29, 1.82) is 0 Å². The lowest BCUT2D eigenvalue weighted by atomic mass is 10.2. The zero-order valence-electron chi connectivity index (χ0n) is 11.2. The van der Waals surface area contributed by atoms with E-state index in [4.69, 9.17) is 16.0 Å². The van der Waals surface area contributed by atoms with E-state index >= 15 is 0 Å². The highest BCUT2D eigenvalue weighted by molar-refractivity contribution is 6.30. The lowest BCUT2D eigenvalue weighted by molar-refractivity contribution is 0.571. The van der Waals surface area contributed by atoms with Gasteiger partial charge in [0.25, 0.3) is 0 Å². The Labute approximate surface area is 119 Å². The van der Waals surface area contributed by atoms with Crippen molar-refractivity contribution >= 4 is 17.7 Å². The van der Waals surface area contributed by atoms with Crippen LogP contribution in [0.3, 0.4) is 0 Å². The Balaban J connectivity index is 2.01. The molecule has 0 saturated heterocycles. The van der Waals surface area contributed by atoms with Crippen LogP contribution >= 0.6 is 11.6 Å². The molecule has 0 radical (unpaired) electrons. The van der Waals surface area contributed by atoms with Crippen LogP contribution in [0, 0.1) is 0 Å². The van der Waals surface area contributed by atoms with Gasteiger partial charge in [0.05, 0.1) is 0 Å². The number of furan rings is 1. The van der Waals surface area contributed by atoms with Crippen molar-refractivity contribution in [2.24, 2.45) is 0 Å². The molecule has 0 atom stereocenters. The van der Waals surface area contributed by atoms with E-state index in [1.54, 1.807) is 0 Å². The van der Waals surface area contributed by atoms with Crippen LogP contribution in [0.5, 0.6) is 0 Å². The predicted molar refractivity (Wildman–Crippen MR) is 81.3 cm³/mol. The van der Waals surface area contributed by atoms with E-state index in [-0.39, 0.29) is 0 Å². The van der Waals surface area contributed by atoms with E-state index in [0.717, 1.165) is 28.7 Å². The average molecular weight is 276 g/mol. The van der Waals surface area contributed by atoms with Crippen LogP contribution in [-0.4, -0.2) is 12.6 Å². The first kappa shape index (κ1) is 13.9. The molecule has 0 amide bonds. The molecule has 1 N–H and O–H groups in total. The van der Waals surface area contributed by atoms with Gasteiger partial charge >= 0.3 is 0 Å². The molecule has 2 rings (SSSR count). The summed E-state index contributed by atoms with van der Waals surface area (Å²) in [7, 11) is 0. The monoisotopic (exact) mass is 275 g/mol. The number of nitrogens with one attached hydrogen (secondary N) is 1. The fraction of sp³-hybridized carbons (Fsp3) is 0.250. The molecular formula is C16H18ClNO. The van der Waals surface area contributed by atoms with E-state index in [2.05, 4.69) is 25.2 Å². The van der Waals surface area contributed by atoms with E-state index in [1.807, 2.05) is 42.5 Å². The molecule has 100 valence electrons. The third-order valence-corrected chi connectivity index (χ3v) is 2.93. The molecule has 1 aromatic heterocycles. The maximum Gasteiger partial charge on any atom is 0.134 e. The van der Waals surface area contributed by atoms with Crippen molar-refractivity contribution < 1.29 is 4.42 Å². The van der Waals surface area contributed by atoms with Gasteiger partial charge in [0.15, 0.2) is 0 Å². The molecule has 0 bridgehead atoms. The molecule has 0 aliphatic rings. The summed E-state index contributed by atoms with van der Waals surface area (Å²) < 4.78 is 5.76. The summed E-state index contributed by atoms with van der Waals surface area (Å²) in [5.41, 5.74) is 1.03. The Morgan fingerprint density at radius 2 is 1.89 bits per heavy atom. The third kappa shape index (κ3) is 4.27. The van der Waals surface area contributed by atoms with Gasteiger partial charge in [0.2, 0.25) is 0 Å². The number of halogens is 1. The first-order valence-electron chi connectivity index (χ1n) is 6.41. The number of hydrogen-bond acceptors (Lipinski definition) is 2. The topological polar surface area (TPSA) is 25.2 Å². The minimum atomic E-state index is 0.492. The summed E-state index contributed by atoms with van der Waals surface area (Å²) in [5, 5.41) is 4.05. The lowest BCUT2D eigenvalue weighted by Crippen LogP contribution is -2.22. The maximum absolute atomic E-state index is 5.87. The van der Waals surface area contributed by atoms with Crippen molar-refractivity contribution in [2.45, 2.75) is 19.9 Å². The van der Waals surface area contributed by atoms with E-state index < -0.39 is 0 Å². The third-order valence-electron chi connectivity index (χ3n) is 2.68. The molecule has 0 unspecified atom stereocenters. The zero-order valence-corrected chi connectivity index (χ0v) is 11.9. The molecule has 0 saturated carbocycles. The van der Waals surface area contributed by atoms with Gasteiger partial charge in [-0.05, 0) is 42.5 Å². The van der Waals surface area contributed by atoms with Crippen LogP contribution < -0.4 is 5.32 Å². The fourth-order valence-corrected chi connectivity index (χ4v) is 1.82. The van der Waals surface area contributed by atoms with Gasteiger partial charge in [0.1, 0.15) is 11.5 Å². The molecule has 1 aromatic carbocycles. The molecule has 19 heavy (non-hydrogen) atoms. The molecule has 0 aliphatic carbocycles. The second-order valence-corrected chi connectivity index (χ2v) is 5.11. The zero-order chi connectivity index (χ0) is 13.7. The minimum Gasteiger partial charge on any atom is -0.457 e. The SMILES string of the molecule is CC(C)NCC=Cc1ccc(-c2ccc(Cl)cc2)o1. The Morgan fingerprint density at radius 1 is 1.16 bits per heavy atom. The van der Waals surface area contributed by atoms with Gasteiger partial charge in [-0.2, -0.15) is 0 Å². The second-order valence-electron chi connectivity index (χ2n) is 4.67. The summed E-state index contributed by atoms with van der Waals surface area (Å²) >= 11 is 5.87. The van der Waals surface area contributed by atoms with Gasteiger partial charge in [-0.15, -0.1) is 0 Å². The van der Waals surface area contributed by atoms with Gasteiger partial charge in [-0.1, -0.05) is 31.5 Å². The van der Waals surface area contributed by atoms with Crippen LogP contribution in [0.15, 0.2) is 46.9 Å². The van der Waals surface area contributed by atoms with E-state index in [1.165, 1.54) is 0 Å². The molecule has 0 spiro atoms. The fourth-order valence-electron chi connectivity index (χ4n) is 1.69. The number of rotatable bonds is 5. The molecular weight excluding hydrogens is 258 g/mol. The molecule has 2 aromatic rings. The van der Waals surface area contributed by atoms with Crippen molar-refractivity contribution in [3.05, 3.63) is 53.3 Å². The van der Waals surface area contributed by atoms with E-state index in [0.29, 0.717) is 6.04 Å². The largest absolute Gasteiger partial charge is 0.457 e. The summed E-state index contributed by atoms with van der Waals surface area (Å²) in [6, 6.07) is 12.1. The molecule has 0 fully saturated rings. The van der Waals surface area contributed by atoms with Crippen LogP contribution in [0.25, 0.3) is 17.4 Å². The van der Waals surface area contributed by atoms with Crippen LogP contribution in [0.1, 0.15) is 19.6 Å². The van der Waals surface area contributed by atoms with Gasteiger partial charge < -0.3 is 9.73 Å². The number of hydrogen-bond donors (Lipinski definition) is 1. The number of benzene rings is 1. The van der Waals surface area contributed by atoms with Crippen LogP contribution in [0.2, 0.25) is 5.02 Å². The highest BCUT2D eigenvalue weighted by atomic mass is 35.5. The molecule has 1 heterocycles. The lowest BCUT2D eigenvalue weighted by Gasteiger charge is -2.02. The summed E-state index contributed by atoms with van der Waals surface area (Å²) in [4.78, 5) is 0. The Hall–Kier alpha value is -1.51. The van der Waals surface area contributed by atoms with E-state index in [9.17, 15) is 0 Å².